The summed E-state index contributed by atoms with van der Waals surface area (Å²) in [6, 6.07) is 4.41. The molecule has 1 aliphatic carbocycles. The summed E-state index contributed by atoms with van der Waals surface area (Å²) in [5, 5.41) is 0.725. The lowest BCUT2D eigenvalue weighted by Gasteiger charge is -2.21. The fourth-order valence-electron chi connectivity index (χ4n) is 3.87. The number of H-pyrrole nitrogens is 3. The fourth-order valence-corrected chi connectivity index (χ4v) is 5.56. The van der Waals surface area contributed by atoms with E-state index >= 15 is 0 Å². The van der Waals surface area contributed by atoms with Gasteiger partial charge in [-0.15, -0.1) is 12.4 Å². The Hall–Kier alpha value is -3.35. The highest BCUT2D eigenvalue weighted by atomic mass is 35.5. The number of carbonyl (C=O) groups is 1. The van der Waals surface area contributed by atoms with Crippen LogP contribution in [0.4, 0.5) is 4.79 Å². The number of rotatable bonds is 8. The molecule has 1 aromatic carbocycles. The molecule has 0 amide bonds. The second-order valence-corrected chi connectivity index (χ2v) is 10.0. The van der Waals surface area contributed by atoms with E-state index in [1.807, 2.05) is 6.92 Å². The minimum absolute atomic E-state index is 0. The van der Waals surface area contributed by atoms with Gasteiger partial charge in [-0.05, 0) is 37.5 Å². The van der Waals surface area contributed by atoms with E-state index in [0.29, 0.717) is 28.4 Å². The van der Waals surface area contributed by atoms with Gasteiger partial charge in [0.2, 0.25) is 10.0 Å². The van der Waals surface area contributed by atoms with Gasteiger partial charge in [0.25, 0.3) is 5.56 Å². The molecule has 1 fully saturated rings. The number of hydrogen-bond donors (Lipinski definition) is 3. The van der Waals surface area contributed by atoms with E-state index < -0.39 is 21.7 Å². The molecule has 4 aromatic rings. The zero-order valence-corrected chi connectivity index (χ0v) is 20.4. The summed E-state index contributed by atoms with van der Waals surface area (Å²) >= 11 is 0. The molecule has 13 heteroatoms. The molecule has 1 saturated carbocycles. The van der Waals surface area contributed by atoms with Crippen molar-refractivity contribution in [3.63, 3.8) is 0 Å². The van der Waals surface area contributed by atoms with Crippen LogP contribution in [0.3, 0.4) is 0 Å². The molecule has 35 heavy (non-hydrogen) atoms. The first-order valence-corrected chi connectivity index (χ1v) is 12.3. The number of carbonyl (C=O) groups excluding carboxylic acids is 1. The topological polar surface area (TPSA) is 150 Å². The summed E-state index contributed by atoms with van der Waals surface area (Å²) in [6.07, 6.45) is 5.78. The molecule has 3 N–H and O–H groups in total. The van der Waals surface area contributed by atoms with Gasteiger partial charge in [-0.3, -0.25) is 4.79 Å². The highest BCUT2D eigenvalue weighted by molar-refractivity contribution is 7.89. The average Bonchev–Trinajstić information content (AvgIpc) is 3.34. The Morgan fingerprint density at radius 1 is 1.26 bits per heavy atom. The Labute approximate surface area is 206 Å². The van der Waals surface area contributed by atoms with Crippen LogP contribution in [-0.2, 0) is 21.3 Å². The smallest absolute Gasteiger partial charge is 0.434 e. The molecular formula is C22H24ClN5O6S. The number of imidazole rings is 1. The normalized spacial score (nSPS) is 13.8. The molecular weight excluding hydrogens is 498 g/mol. The monoisotopic (exact) mass is 521 g/mol. The van der Waals surface area contributed by atoms with Gasteiger partial charge in [0, 0.05) is 35.0 Å². The number of aromatic amines is 3. The first kappa shape index (κ1) is 24.8. The average molecular weight is 522 g/mol. The predicted molar refractivity (Wildman–Crippen MR) is 130 cm³/mol. The molecule has 0 bridgehead atoms. The van der Waals surface area contributed by atoms with Crippen LogP contribution >= 0.6 is 12.4 Å². The van der Waals surface area contributed by atoms with E-state index in [4.69, 9.17) is 9.47 Å². The summed E-state index contributed by atoms with van der Waals surface area (Å²) in [5.41, 5.74) is 0.842. The summed E-state index contributed by atoms with van der Waals surface area (Å²) in [4.78, 5) is 37.1. The maximum atomic E-state index is 13.6. The van der Waals surface area contributed by atoms with Crippen LogP contribution in [0.5, 0.6) is 5.75 Å². The van der Waals surface area contributed by atoms with E-state index in [1.165, 1.54) is 35.0 Å². The summed E-state index contributed by atoms with van der Waals surface area (Å²) in [5.74, 6) is 0.0817. The molecule has 5 rings (SSSR count). The van der Waals surface area contributed by atoms with Gasteiger partial charge >= 0.3 is 6.16 Å². The zero-order chi connectivity index (χ0) is 23.9. The minimum Gasteiger partial charge on any atom is -0.434 e. The van der Waals surface area contributed by atoms with Crippen molar-refractivity contribution in [2.45, 2.75) is 43.7 Å². The van der Waals surface area contributed by atoms with Gasteiger partial charge in [0.15, 0.2) is 5.75 Å². The third-order valence-electron chi connectivity index (χ3n) is 5.64. The van der Waals surface area contributed by atoms with Crippen LogP contribution < -0.4 is 10.3 Å². The molecule has 1 aliphatic rings. The van der Waals surface area contributed by atoms with Gasteiger partial charge in [-0.2, -0.15) is 4.31 Å². The maximum absolute atomic E-state index is 13.6. The Kier molecular flexibility index (Phi) is 6.88. The third-order valence-corrected chi connectivity index (χ3v) is 7.53. The second kappa shape index (κ2) is 9.72. The van der Waals surface area contributed by atoms with Gasteiger partial charge in [-0.1, -0.05) is 6.92 Å². The van der Waals surface area contributed by atoms with Gasteiger partial charge in [-0.25, -0.2) is 18.2 Å². The van der Waals surface area contributed by atoms with Gasteiger partial charge in [0.1, 0.15) is 5.52 Å². The zero-order valence-electron chi connectivity index (χ0n) is 18.7. The lowest BCUT2D eigenvalue weighted by atomic mass is 10.1. The van der Waals surface area contributed by atoms with Crippen LogP contribution in [-0.4, -0.2) is 51.5 Å². The van der Waals surface area contributed by atoms with Crippen molar-refractivity contribution in [1.82, 2.24) is 24.2 Å². The number of aromatic nitrogens is 4. The lowest BCUT2D eigenvalue weighted by Crippen LogP contribution is -2.32. The maximum Gasteiger partial charge on any atom is 0.513 e. The number of sulfonamides is 1. The number of benzene rings is 1. The molecule has 0 atom stereocenters. The number of halogens is 1. The molecule has 186 valence electrons. The van der Waals surface area contributed by atoms with Crippen LogP contribution in [0, 0.1) is 0 Å². The first-order chi connectivity index (χ1) is 16.4. The van der Waals surface area contributed by atoms with Crippen molar-refractivity contribution < 1.29 is 22.7 Å². The highest BCUT2D eigenvalue weighted by Gasteiger charge is 2.38. The number of nitrogens with zero attached hydrogens (tertiary/aromatic N) is 2. The van der Waals surface area contributed by atoms with Crippen LogP contribution in [0.1, 0.15) is 31.9 Å². The number of pyridine rings is 1. The van der Waals surface area contributed by atoms with Crippen LogP contribution in [0.15, 0.2) is 46.6 Å². The van der Waals surface area contributed by atoms with Crippen molar-refractivity contribution in [2.24, 2.45) is 0 Å². The molecule has 0 unspecified atom stereocenters. The molecule has 3 aromatic heterocycles. The van der Waals surface area contributed by atoms with Crippen molar-refractivity contribution in [3.8, 4) is 5.75 Å². The number of ether oxygens (including phenoxy) is 2. The summed E-state index contributed by atoms with van der Waals surface area (Å²) < 4.78 is 39.0. The van der Waals surface area contributed by atoms with E-state index in [-0.39, 0.29) is 47.8 Å². The standard InChI is InChI=1S/C22H23N5O6S.ClH/c1-2-7-32-22(29)33-18-10-24-20-19(18)16-8-15(5-6-17(16)26-21(20)28)34(30,31)27(14-3-4-14)11-13-9-23-12-25-13;/h5-6,8-10,12,14,24H,2-4,7,11H2,1H3,(H,23,25)(H,26,28);1H. The predicted octanol–water partition coefficient (Wildman–Crippen LogP) is 3.43. The van der Waals surface area contributed by atoms with Crippen LogP contribution in [0.2, 0.25) is 0 Å². The Bertz CT molecular complexity index is 1530. The number of fused-ring (bicyclic) bond motifs is 3. The molecule has 0 spiro atoms. The van der Waals surface area contributed by atoms with Crippen molar-refractivity contribution in [3.05, 3.63) is 53.0 Å². The molecule has 0 saturated heterocycles. The quantitative estimate of drug-likeness (QED) is 0.300. The van der Waals surface area contributed by atoms with E-state index in [2.05, 4.69) is 19.9 Å². The second-order valence-electron chi connectivity index (χ2n) is 8.12. The SMILES string of the molecule is CCCOC(=O)Oc1c[nH]c2c(=O)[nH]c3ccc(S(=O)(=O)N(Cc4cnc[nH]4)C4CC4)cc3c12.Cl. The molecule has 0 aliphatic heterocycles. The highest BCUT2D eigenvalue weighted by Crippen LogP contribution is 2.36. The van der Waals surface area contributed by atoms with E-state index in [0.717, 1.165) is 12.8 Å². The number of hydrogen-bond acceptors (Lipinski definition) is 7. The molecule has 11 nitrogen and oxygen atoms in total. The summed E-state index contributed by atoms with van der Waals surface area (Å²) in [7, 11) is -3.86. The largest absolute Gasteiger partial charge is 0.513 e. The van der Waals surface area contributed by atoms with Crippen LogP contribution in [0.25, 0.3) is 21.8 Å². The Morgan fingerprint density at radius 3 is 2.74 bits per heavy atom. The van der Waals surface area contributed by atoms with Crippen molar-refractivity contribution in [2.75, 3.05) is 6.61 Å². The Balaban J connectivity index is 0.00000289. The number of nitrogens with one attached hydrogen (secondary N) is 3. The van der Waals surface area contributed by atoms with Gasteiger partial charge in [0.05, 0.1) is 29.8 Å². The first-order valence-electron chi connectivity index (χ1n) is 10.9. The third kappa shape index (κ3) is 4.77. The summed E-state index contributed by atoms with van der Waals surface area (Å²) in [6.45, 7) is 2.22. The van der Waals surface area contributed by atoms with Gasteiger partial charge < -0.3 is 24.4 Å². The molecule has 0 radical (unpaired) electrons. The van der Waals surface area contributed by atoms with E-state index in [1.54, 1.807) is 6.20 Å². The Morgan fingerprint density at radius 2 is 2.06 bits per heavy atom. The lowest BCUT2D eigenvalue weighted by molar-refractivity contribution is 0.0997. The molecule has 3 heterocycles. The minimum atomic E-state index is -3.86. The van der Waals surface area contributed by atoms with Crippen molar-refractivity contribution in [1.29, 1.82) is 0 Å². The van der Waals surface area contributed by atoms with Crippen molar-refractivity contribution >= 4 is 50.4 Å². The van der Waals surface area contributed by atoms with E-state index in [9.17, 15) is 18.0 Å². The fraction of sp³-hybridized carbons (Fsp3) is 0.318.